The molecule has 0 saturated heterocycles. The van der Waals surface area contributed by atoms with Crippen LogP contribution in [0.3, 0.4) is 0 Å². The first-order valence-electron chi connectivity index (χ1n) is 8.85. The Balaban J connectivity index is 1.54. The number of hydrogen-bond acceptors (Lipinski definition) is 4. The Morgan fingerprint density at radius 2 is 2.26 bits per heavy atom. The summed E-state index contributed by atoms with van der Waals surface area (Å²) in [6.07, 6.45) is 2.85. The number of aryl methyl sites for hydroxylation is 1. The zero-order chi connectivity index (χ0) is 19.0. The molecule has 1 unspecified atom stereocenters. The van der Waals surface area contributed by atoms with Gasteiger partial charge in [0.1, 0.15) is 17.1 Å². The van der Waals surface area contributed by atoms with Crippen LogP contribution in [0.15, 0.2) is 36.5 Å². The van der Waals surface area contributed by atoms with Crippen molar-refractivity contribution in [3.05, 3.63) is 64.1 Å². The third-order valence-electron chi connectivity index (χ3n) is 4.69. The fourth-order valence-corrected chi connectivity index (χ4v) is 3.49. The van der Waals surface area contributed by atoms with E-state index in [4.69, 9.17) is 21.1 Å². The Bertz CT molecular complexity index is 1020. The van der Waals surface area contributed by atoms with Crippen LogP contribution in [0.1, 0.15) is 34.2 Å². The molecule has 1 aliphatic rings. The quantitative estimate of drug-likeness (QED) is 0.731. The number of nitrogens with zero attached hydrogens (tertiary/aromatic N) is 2. The van der Waals surface area contributed by atoms with Crippen molar-refractivity contribution in [2.75, 3.05) is 7.11 Å². The SMILES string of the molecule is CCc1nc2ccc(Cl)cn2c1C(=O)NCc1ccc2c(c1)CC(OC)O2. The van der Waals surface area contributed by atoms with Gasteiger partial charge in [0.05, 0.1) is 10.7 Å². The lowest BCUT2D eigenvalue weighted by Gasteiger charge is -2.08. The number of ether oxygens (including phenoxy) is 2. The first-order chi connectivity index (χ1) is 13.1. The Morgan fingerprint density at radius 3 is 3.04 bits per heavy atom. The Labute approximate surface area is 162 Å². The minimum absolute atomic E-state index is 0.173. The van der Waals surface area contributed by atoms with E-state index in [-0.39, 0.29) is 12.2 Å². The van der Waals surface area contributed by atoms with Crippen molar-refractivity contribution in [3.63, 3.8) is 0 Å². The molecule has 27 heavy (non-hydrogen) atoms. The van der Waals surface area contributed by atoms with Crippen molar-refractivity contribution >= 4 is 23.2 Å². The minimum Gasteiger partial charge on any atom is -0.464 e. The summed E-state index contributed by atoms with van der Waals surface area (Å²) >= 11 is 6.10. The third kappa shape index (κ3) is 3.38. The average molecular weight is 386 g/mol. The highest BCUT2D eigenvalue weighted by Crippen LogP contribution is 2.29. The second kappa shape index (κ2) is 7.21. The van der Waals surface area contributed by atoms with Gasteiger partial charge in [-0.3, -0.25) is 9.20 Å². The summed E-state index contributed by atoms with van der Waals surface area (Å²) in [4.78, 5) is 17.4. The number of aromatic nitrogens is 2. The summed E-state index contributed by atoms with van der Waals surface area (Å²) in [7, 11) is 1.63. The van der Waals surface area contributed by atoms with Crippen molar-refractivity contribution in [1.29, 1.82) is 0 Å². The molecule has 0 radical (unpaired) electrons. The van der Waals surface area contributed by atoms with Crippen LogP contribution in [0.4, 0.5) is 0 Å². The van der Waals surface area contributed by atoms with Gasteiger partial charge in [-0.05, 0) is 30.2 Å². The molecule has 1 aliphatic heterocycles. The van der Waals surface area contributed by atoms with Crippen molar-refractivity contribution in [1.82, 2.24) is 14.7 Å². The molecule has 1 aromatic carbocycles. The number of pyridine rings is 1. The van der Waals surface area contributed by atoms with E-state index in [1.807, 2.05) is 31.2 Å². The average Bonchev–Trinajstić information content (AvgIpc) is 3.25. The summed E-state index contributed by atoms with van der Waals surface area (Å²) in [5.41, 5.74) is 4.08. The number of imidazole rings is 1. The number of rotatable bonds is 5. The molecule has 1 amide bonds. The zero-order valence-corrected chi connectivity index (χ0v) is 15.9. The van der Waals surface area contributed by atoms with E-state index in [2.05, 4.69) is 10.3 Å². The van der Waals surface area contributed by atoms with Crippen LogP contribution < -0.4 is 10.1 Å². The smallest absolute Gasteiger partial charge is 0.270 e. The van der Waals surface area contributed by atoms with Crippen LogP contribution in [-0.4, -0.2) is 28.7 Å². The van der Waals surface area contributed by atoms with Gasteiger partial charge >= 0.3 is 0 Å². The van der Waals surface area contributed by atoms with E-state index in [1.165, 1.54) is 0 Å². The Morgan fingerprint density at radius 1 is 1.41 bits per heavy atom. The molecule has 4 rings (SSSR count). The molecular weight excluding hydrogens is 366 g/mol. The number of halogens is 1. The fraction of sp³-hybridized carbons (Fsp3) is 0.300. The second-order valence-corrected chi connectivity index (χ2v) is 6.88. The van der Waals surface area contributed by atoms with Crippen molar-refractivity contribution in [3.8, 4) is 5.75 Å². The van der Waals surface area contributed by atoms with Crippen LogP contribution in [0.25, 0.3) is 5.65 Å². The summed E-state index contributed by atoms with van der Waals surface area (Å²) in [5.74, 6) is 0.662. The number of benzene rings is 1. The maximum absolute atomic E-state index is 12.9. The normalized spacial score (nSPS) is 15.6. The molecule has 3 aromatic rings. The molecule has 140 valence electrons. The van der Waals surface area contributed by atoms with Gasteiger partial charge in [0, 0.05) is 31.8 Å². The summed E-state index contributed by atoms with van der Waals surface area (Å²) in [6.45, 7) is 2.40. The van der Waals surface area contributed by atoms with E-state index in [0.29, 0.717) is 35.8 Å². The first-order valence-corrected chi connectivity index (χ1v) is 9.22. The molecule has 2 aromatic heterocycles. The van der Waals surface area contributed by atoms with Gasteiger partial charge in [-0.1, -0.05) is 30.7 Å². The number of hydrogen-bond donors (Lipinski definition) is 1. The minimum atomic E-state index is -0.236. The van der Waals surface area contributed by atoms with Crippen LogP contribution in [0.5, 0.6) is 5.75 Å². The number of methoxy groups -OCH3 is 1. The van der Waals surface area contributed by atoms with Gasteiger partial charge in [-0.15, -0.1) is 0 Å². The highest BCUT2D eigenvalue weighted by molar-refractivity contribution is 6.30. The molecule has 1 N–H and O–H groups in total. The molecule has 0 fully saturated rings. The van der Waals surface area contributed by atoms with E-state index < -0.39 is 0 Å². The number of fused-ring (bicyclic) bond motifs is 2. The van der Waals surface area contributed by atoms with Crippen LogP contribution in [0, 0.1) is 0 Å². The van der Waals surface area contributed by atoms with E-state index >= 15 is 0 Å². The number of nitrogens with one attached hydrogen (secondary N) is 1. The van der Waals surface area contributed by atoms with Gasteiger partial charge in [-0.25, -0.2) is 4.98 Å². The molecule has 0 aliphatic carbocycles. The largest absolute Gasteiger partial charge is 0.464 e. The van der Waals surface area contributed by atoms with Crippen LogP contribution >= 0.6 is 11.6 Å². The van der Waals surface area contributed by atoms with Crippen LogP contribution in [-0.2, 0) is 24.1 Å². The van der Waals surface area contributed by atoms with E-state index in [0.717, 1.165) is 22.6 Å². The van der Waals surface area contributed by atoms with E-state index in [9.17, 15) is 4.79 Å². The number of amides is 1. The van der Waals surface area contributed by atoms with E-state index in [1.54, 1.807) is 23.8 Å². The fourth-order valence-electron chi connectivity index (χ4n) is 3.33. The van der Waals surface area contributed by atoms with Crippen molar-refractivity contribution < 1.29 is 14.3 Å². The lowest BCUT2D eigenvalue weighted by atomic mass is 10.1. The molecule has 7 heteroatoms. The molecule has 3 heterocycles. The lowest BCUT2D eigenvalue weighted by Crippen LogP contribution is -2.25. The highest BCUT2D eigenvalue weighted by atomic mass is 35.5. The topological polar surface area (TPSA) is 64.9 Å². The van der Waals surface area contributed by atoms with Gasteiger partial charge in [-0.2, -0.15) is 0 Å². The zero-order valence-electron chi connectivity index (χ0n) is 15.2. The van der Waals surface area contributed by atoms with Crippen molar-refractivity contribution in [2.45, 2.75) is 32.6 Å². The summed E-state index contributed by atoms with van der Waals surface area (Å²) in [5, 5.41) is 3.55. The molecule has 6 nitrogen and oxygen atoms in total. The second-order valence-electron chi connectivity index (χ2n) is 6.45. The maximum Gasteiger partial charge on any atom is 0.270 e. The summed E-state index contributed by atoms with van der Waals surface area (Å²) < 4.78 is 12.6. The predicted molar refractivity (Wildman–Crippen MR) is 102 cm³/mol. The standard InChI is InChI=1S/C20H20ClN3O3/c1-3-15-19(24-11-14(21)5-7-17(24)23-15)20(25)22-10-12-4-6-16-13(8-12)9-18(26-2)27-16/h4-8,11,18H,3,9-10H2,1-2H3,(H,22,25). The number of carbonyl (C=O) groups excluding carboxylic acids is 1. The van der Waals surface area contributed by atoms with Gasteiger partial charge in [0.25, 0.3) is 5.91 Å². The molecular formula is C20H20ClN3O3. The summed E-state index contributed by atoms with van der Waals surface area (Å²) in [6, 6.07) is 9.49. The third-order valence-corrected chi connectivity index (χ3v) is 4.91. The lowest BCUT2D eigenvalue weighted by molar-refractivity contribution is -0.0367. The van der Waals surface area contributed by atoms with Crippen LogP contribution in [0.2, 0.25) is 5.02 Å². The molecule has 0 saturated carbocycles. The van der Waals surface area contributed by atoms with Gasteiger partial charge < -0.3 is 14.8 Å². The Kier molecular flexibility index (Phi) is 4.76. The van der Waals surface area contributed by atoms with Gasteiger partial charge in [0.2, 0.25) is 6.29 Å². The molecule has 1 atom stereocenters. The first kappa shape index (κ1) is 17.8. The molecule has 0 bridgehead atoms. The van der Waals surface area contributed by atoms with Gasteiger partial charge in [0.15, 0.2) is 0 Å². The monoisotopic (exact) mass is 385 g/mol. The Hall–Kier alpha value is -2.57. The highest BCUT2D eigenvalue weighted by Gasteiger charge is 2.23. The molecule has 0 spiro atoms. The predicted octanol–water partition coefficient (Wildman–Crippen LogP) is 3.39. The number of carbonyl (C=O) groups is 1. The maximum atomic E-state index is 12.9. The van der Waals surface area contributed by atoms with Crippen molar-refractivity contribution in [2.24, 2.45) is 0 Å².